The summed E-state index contributed by atoms with van der Waals surface area (Å²) in [5, 5.41) is 6.32. The summed E-state index contributed by atoms with van der Waals surface area (Å²) in [5.74, 6) is -2.05. The van der Waals surface area contributed by atoms with Gasteiger partial charge in [-0.1, -0.05) is 5.21 Å². The Morgan fingerprint density at radius 2 is 2.13 bits per heavy atom. The van der Waals surface area contributed by atoms with Crippen molar-refractivity contribution in [3.05, 3.63) is 11.9 Å². The molecule has 0 unspecified atom stereocenters. The monoisotopic (exact) mass is 225 g/mol. The number of aryl methyl sites for hydroxylation is 1. The highest BCUT2D eigenvalue weighted by Crippen LogP contribution is 2.19. The van der Waals surface area contributed by atoms with E-state index < -0.39 is 24.3 Å². The number of aromatic nitrogens is 3. The molecule has 8 heteroatoms. The van der Waals surface area contributed by atoms with Crippen LogP contribution in [-0.2, 0) is 6.54 Å². The van der Waals surface area contributed by atoms with Crippen LogP contribution in [0.25, 0.3) is 0 Å². The van der Waals surface area contributed by atoms with E-state index in [1.165, 1.54) is 0 Å². The van der Waals surface area contributed by atoms with E-state index in [1.54, 1.807) is 0 Å². The fourth-order valence-corrected chi connectivity index (χ4v) is 0.879. The fourth-order valence-electron chi connectivity index (χ4n) is 0.879. The summed E-state index contributed by atoms with van der Waals surface area (Å²) < 4.78 is 48.5. The summed E-state index contributed by atoms with van der Waals surface area (Å²) in [6.45, 7) is -0.517. The van der Waals surface area contributed by atoms with Gasteiger partial charge in [0.15, 0.2) is 5.69 Å². The van der Waals surface area contributed by atoms with Crippen LogP contribution in [0.4, 0.5) is 17.6 Å². The maximum atomic E-state index is 11.9. The largest absolute Gasteiger partial charge is 0.456 e. The first-order valence-electron chi connectivity index (χ1n) is 4.03. The van der Waals surface area contributed by atoms with Crippen LogP contribution < -0.4 is 0 Å². The molecule has 1 heterocycles. The summed E-state index contributed by atoms with van der Waals surface area (Å²) in [6.07, 6.45) is -3.99. The van der Waals surface area contributed by atoms with E-state index in [9.17, 15) is 22.4 Å². The molecule has 0 aliphatic rings. The molecule has 0 atom stereocenters. The Morgan fingerprint density at radius 3 is 2.67 bits per heavy atom. The predicted molar refractivity (Wildman–Crippen MR) is 41.0 cm³/mol. The van der Waals surface area contributed by atoms with Crippen LogP contribution in [0.1, 0.15) is 16.9 Å². The van der Waals surface area contributed by atoms with Crippen LogP contribution in [0.3, 0.4) is 0 Å². The number of nitrogens with zero attached hydrogens (tertiary/aromatic N) is 3. The van der Waals surface area contributed by atoms with E-state index >= 15 is 0 Å². The molecule has 1 aromatic heterocycles. The highest BCUT2D eigenvalue weighted by molar-refractivity contribution is 5.98. The molecule has 0 saturated carbocycles. The van der Waals surface area contributed by atoms with Gasteiger partial charge in [-0.05, 0) is 6.42 Å². The Labute approximate surface area is 81.9 Å². The molecular formula is C7H7F4N3O. The topological polar surface area (TPSA) is 47.8 Å². The van der Waals surface area contributed by atoms with E-state index in [1.807, 2.05) is 0 Å². The maximum Gasteiger partial charge on any atom is 0.456 e. The van der Waals surface area contributed by atoms with E-state index in [4.69, 9.17) is 0 Å². The van der Waals surface area contributed by atoms with E-state index in [-0.39, 0.29) is 13.0 Å². The average molecular weight is 225 g/mol. The van der Waals surface area contributed by atoms with Crippen LogP contribution in [-0.4, -0.2) is 33.6 Å². The van der Waals surface area contributed by atoms with E-state index in [2.05, 4.69) is 10.3 Å². The molecule has 0 aromatic carbocycles. The standard InChI is InChI=1S/C7H7F4N3O/c8-2-1-3-14-4-5(12-13-14)6(15)7(9,10)11/h4H,1-3H2. The van der Waals surface area contributed by atoms with Crippen molar-refractivity contribution in [3.63, 3.8) is 0 Å². The maximum absolute atomic E-state index is 11.9. The molecule has 0 spiro atoms. The van der Waals surface area contributed by atoms with Gasteiger partial charge in [-0.3, -0.25) is 13.9 Å². The van der Waals surface area contributed by atoms with Crippen molar-refractivity contribution < 1.29 is 22.4 Å². The highest BCUT2D eigenvalue weighted by atomic mass is 19.4. The lowest BCUT2D eigenvalue weighted by Crippen LogP contribution is -2.23. The Kier molecular flexibility index (Phi) is 3.38. The van der Waals surface area contributed by atoms with Crippen molar-refractivity contribution in [2.45, 2.75) is 19.1 Å². The zero-order valence-electron chi connectivity index (χ0n) is 7.46. The second kappa shape index (κ2) is 4.37. The van der Waals surface area contributed by atoms with Gasteiger partial charge in [0.05, 0.1) is 12.9 Å². The number of ketones is 1. The van der Waals surface area contributed by atoms with Gasteiger partial charge in [-0.25, -0.2) is 0 Å². The second-order valence-corrected chi connectivity index (χ2v) is 2.74. The molecule has 0 radical (unpaired) electrons. The smallest absolute Gasteiger partial charge is 0.282 e. The fraction of sp³-hybridized carbons (Fsp3) is 0.571. The summed E-state index contributed by atoms with van der Waals surface area (Å²) in [6, 6.07) is 0. The van der Waals surface area contributed by atoms with Gasteiger partial charge in [0.1, 0.15) is 0 Å². The van der Waals surface area contributed by atoms with Crippen LogP contribution in [0, 0.1) is 0 Å². The molecular weight excluding hydrogens is 218 g/mol. The zero-order valence-corrected chi connectivity index (χ0v) is 7.46. The predicted octanol–water partition coefficient (Wildman–Crippen LogP) is 1.38. The molecule has 84 valence electrons. The molecule has 0 aliphatic heterocycles. The van der Waals surface area contributed by atoms with Gasteiger partial charge < -0.3 is 0 Å². The average Bonchev–Trinajstić information content (AvgIpc) is 2.60. The third-order valence-electron chi connectivity index (χ3n) is 1.55. The lowest BCUT2D eigenvalue weighted by Gasteiger charge is -1.99. The van der Waals surface area contributed by atoms with Gasteiger partial charge in [0.25, 0.3) is 5.78 Å². The Bertz CT molecular complexity index is 346. The van der Waals surface area contributed by atoms with Gasteiger partial charge in [-0.15, -0.1) is 5.10 Å². The normalized spacial score (nSPS) is 11.7. The zero-order chi connectivity index (χ0) is 11.5. The molecule has 4 nitrogen and oxygen atoms in total. The molecule has 0 fully saturated rings. The minimum Gasteiger partial charge on any atom is -0.282 e. The second-order valence-electron chi connectivity index (χ2n) is 2.74. The summed E-state index contributed by atoms with van der Waals surface area (Å²) in [7, 11) is 0. The van der Waals surface area contributed by atoms with Gasteiger partial charge in [-0.2, -0.15) is 13.2 Å². The van der Waals surface area contributed by atoms with Crippen molar-refractivity contribution in [1.29, 1.82) is 0 Å². The van der Waals surface area contributed by atoms with E-state index in [0.29, 0.717) is 0 Å². The van der Waals surface area contributed by atoms with Crippen molar-refractivity contribution in [2.75, 3.05) is 6.67 Å². The molecule has 0 aliphatic carbocycles. The van der Waals surface area contributed by atoms with Crippen molar-refractivity contribution in [1.82, 2.24) is 15.0 Å². The molecule has 1 aromatic rings. The summed E-state index contributed by atoms with van der Waals surface area (Å²) in [5.41, 5.74) is -0.777. The third kappa shape index (κ3) is 3.00. The number of halogens is 4. The van der Waals surface area contributed by atoms with Gasteiger partial charge >= 0.3 is 6.18 Å². The Morgan fingerprint density at radius 1 is 1.47 bits per heavy atom. The lowest BCUT2D eigenvalue weighted by molar-refractivity contribution is -0.0888. The minimum absolute atomic E-state index is 0.0919. The SMILES string of the molecule is O=C(c1cn(CCCF)nn1)C(F)(F)F. The van der Waals surface area contributed by atoms with Crippen LogP contribution in [0.15, 0.2) is 6.20 Å². The quantitative estimate of drug-likeness (QED) is 0.574. The number of hydrogen-bond acceptors (Lipinski definition) is 3. The first-order chi connectivity index (χ1) is 6.95. The molecule has 15 heavy (non-hydrogen) atoms. The Hall–Kier alpha value is -1.47. The van der Waals surface area contributed by atoms with Crippen LogP contribution >= 0.6 is 0 Å². The molecule has 0 bridgehead atoms. The van der Waals surface area contributed by atoms with Crippen molar-refractivity contribution >= 4 is 5.78 Å². The number of carbonyl (C=O) groups is 1. The number of rotatable bonds is 4. The third-order valence-corrected chi connectivity index (χ3v) is 1.55. The van der Waals surface area contributed by atoms with Gasteiger partial charge in [0.2, 0.25) is 0 Å². The van der Waals surface area contributed by atoms with E-state index in [0.717, 1.165) is 10.9 Å². The summed E-state index contributed by atoms with van der Waals surface area (Å²) >= 11 is 0. The number of hydrogen-bond donors (Lipinski definition) is 0. The lowest BCUT2D eigenvalue weighted by atomic mass is 10.3. The number of carbonyl (C=O) groups excluding carboxylic acids is 1. The first kappa shape index (κ1) is 11.6. The van der Waals surface area contributed by atoms with Gasteiger partial charge in [0, 0.05) is 6.54 Å². The first-order valence-corrected chi connectivity index (χ1v) is 4.03. The number of alkyl halides is 4. The number of Topliss-reactive ketones (excluding diaryl/α,β-unsaturated/α-hetero) is 1. The van der Waals surface area contributed by atoms with Crippen molar-refractivity contribution in [2.24, 2.45) is 0 Å². The molecule has 1 rings (SSSR count). The van der Waals surface area contributed by atoms with Crippen LogP contribution in [0.2, 0.25) is 0 Å². The molecule has 0 saturated heterocycles. The van der Waals surface area contributed by atoms with Crippen LogP contribution in [0.5, 0.6) is 0 Å². The molecule has 0 amide bonds. The molecule has 0 N–H and O–H groups in total. The minimum atomic E-state index is -4.96. The highest BCUT2D eigenvalue weighted by Gasteiger charge is 2.41. The Balaban J connectivity index is 2.72. The summed E-state index contributed by atoms with van der Waals surface area (Å²) in [4.78, 5) is 10.6. The van der Waals surface area contributed by atoms with Crippen molar-refractivity contribution in [3.8, 4) is 0 Å².